The van der Waals surface area contributed by atoms with Gasteiger partial charge >= 0.3 is 0 Å². The number of hydrogen-bond acceptors (Lipinski definition) is 3. The number of halogens is 1. The molecule has 0 spiro atoms. The van der Waals surface area contributed by atoms with Gasteiger partial charge < -0.3 is 15.4 Å². The summed E-state index contributed by atoms with van der Waals surface area (Å²) in [5.74, 6) is -0.297. The van der Waals surface area contributed by atoms with Crippen molar-refractivity contribution in [2.75, 3.05) is 26.7 Å². The average molecular weight is 280 g/mol. The van der Waals surface area contributed by atoms with Crippen LogP contribution in [0.15, 0.2) is 24.3 Å². The van der Waals surface area contributed by atoms with E-state index in [0.717, 1.165) is 18.7 Å². The van der Waals surface area contributed by atoms with Crippen LogP contribution < -0.4 is 10.6 Å². The van der Waals surface area contributed by atoms with Gasteiger partial charge in [0.1, 0.15) is 11.4 Å². The summed E-state index contributed by atoms with van der Waals surface area (Å²) < 4.78 is 18.2. The molecule has 1 amide bonds. The maximum absolute atomic E-state index is 12.8. The van der Waals surface area contributed by atoms with Crippen LogP contribution >= 0.6 is 0 Å². The molecule has 0 aromatic heterocycles. The maximum Gasteiger partial charge on any atom is 0.252 e. The average Bonchev–Trinajstić information content (AvgIpc) is 2.50. The molecule has 20 heavy (non-hydrogen) atoms. The zero-order valence-electron chi connectivity index (χ0n) is 11.7. The summed E-state index contributed by atoms with van der Waals surface area (Å²) in [5.41, 5.74) is 0.303. The molecule has 110 valence electrons. The number of rotatable bonds is 5. The number of nitrogens with one attached hydrogen (secondary N) is 2. The van der Waals surface area contributed by atoms with Crippen molar-refractivity contribution in [1.82, 2.24) is 10.6 Å². The molecule has 0 unspecified atom stereocenters. The summed E-state index contributed by atoms with van der Waals surface area (Å²) in [6.07, 6.45) is 2.06. The second-order valence-electron chi connectivity index (χ2n) is 5.08. The standard InChI is InChI=1S/C15H21FN2O2/c1-20-15(7-10-17-11-8-15)14(19)18-9-6-12-2-4-13(16)5-3-12/h2-5,17H,6-11H2,1H3,(H,18,19). The summed E-state index contributed by atoms with van der Waals surface area (Å²) in [6, 6.07) is 6.33. The van der Waals surface area contributed by atoms with Crippen LogP contribution in [0.25, 0.3) is 0 Å². The summed E-state index contributed by atoms with van der Waals surface area (Å²) in [6.45, 7) is 2.11. The molecule has 0 aliphatic carbocycles. The molecule has 1 fully saturated rings. The molecule has 0 radical (unpaired) electrons. The Hall–Kier alpha value is -1.46. The molecule has 2 rings (SSSR count). The van der Waals surface area contributed by atoms with Crippen molar-refractivity contribution in [2.45, 2.75) is 24.9 Å². The van der Waals surface area contributed by atoms with Crippen LogP contribution in [0.1, 0.15) is 18.4 Å². The van der Waals surface area contributed by atoms with Crippen LogP contribution in [0.3, 0.4) is 0 Å². The lowest BCUT2D eigenvalue weighted by atomic mass is 9.91. The maximum atomic E-state index is 12.8. The van der Waals surface area contributed by atoms with Crippen LogP contribution in [0, 0.1) is 5.82 Å². The number of hydrogen-bond donors (Lipinski definition) is 2. The predicted octanol–water partition coefficient (Wildman–Crippen LogP) is 1.25. The first kappa shape index (κ1) is 14.9. The third-order valence-electron chi connectivity index (χ3n) is 3.83. The SMILES string of the molecule is COC1(C(=O)NCCc2ccc(F)cc2)CCNCC1. The van der Waals surface area contributed by atoms with Gasteiger partial charge in [0.2, 0.25) is 0 Å². The topological polar surface area (TPSA) is 50.4 Å². The van der Waals surface area contributed by atoms with Gasteiger partial charge in [-0.05, 0) is 50.0 Å². The van der Waals surface area contributed by atoms with Crippen LogP contribution in [0.2, 0.25) is 0 Å². The Labute approximate surface area is 118 Å². The van der Waals surface area contributed by atoms with Crippen LogP contribution in [-0.2, 0) is 16.0 Å². The molecule has 0 saturated carbocycles. The lowest BCUT2D eigenvalue weighted by Crippen LogP contribution is -2.54. The molecule has 5 heteroatoms. The molecule has 0 atom stereocenters. The Balaban J connectivity index is 1.83. The highest BCUT2D eigenvalue weighted by Gasteiger charge is 2.39. The van der Waals surface area contributed by atoms with Crippen molar-refractivity contribution < 1.29 is 13.9 Å². The van der Waals surface area contributed by atoms with E-state index in [4.69, 9.17) is 4.74 Å². The van der Waals surface area contributed by atoms with E-state index in [9.17, 15) is 9.18 Å². The Kier molecular flexibility index (Phi) is 5.09. The fraction of sp³-hybridized carbons (Fsp3) is 0.533. The third-order valence-corrected chi connectivity index (χ3v) is 3.83. The number of carbonyl (C=O) groups excluding carboxylic acids is 1. The number of carbonyl (C=O) groups is 1. The molecule has 2 N–H and O–H groups in total. The largest absolute Gasteiger partial charge is 0.368 e. The van der Waals surface area contributed by atoms with E-state index >= 15 is 0 Å². The van der Waals surface area contributed by atoms with Gasteiger partial charge in [-0.15, -0.1) is 0 Å². The highest BCUT2D eigenvalue weighted by molar-refractivity contribution is 5.85. The molecule has 0 bridgehead atoms. The Morgan fingerprint density at radius 3 is 2.60 bits per heavy atom. The highest BCUT2D eigenvalue weighted by Crippen LogP contribution is 2.22. The lowest BCUT2D eigenvalue weighted by molar-refractivity contribution is -0.146. The second-order valence-corrected chi connectivity index (χ2v) is 5.08. The monoisotopic (exact) mass is 280 g/mol. The van der Waals surface area contributed by atoms with Crippen molar-refractivity contribution in [3.05, 3.63) is 35.6 Å². The molecule has 1 saturated heterocycles. The third kappa shape index (κ3) is 3.55. The summed E-state index contributed by atoms with van der Waals surface area (Å²) in [4.78, 5) is 12.3. The molecular formula is C15H21FN2O2. The fourth-order valence-electron chi connectivity index (χ4n) is 2.49. The van der Waals surface area contributed by atoms with E-state index in [1.54, 1.807) is 19.2 Å². The minimum absolute atomic E-state index is 0.0522. The van der Waals surface area contributed by atoms with Crippen LogP contribution in [0.4, 0.5) is 4.39 Å². The van der Waals surface area contributed by atoms with E-state index in [-0.39, 0.29) is 11.7 Å². The fourth-order valence-corrected chi connectivity index (χ4v) is 2.49. The van der Waals surface area contributed by atoms with Gasteiger partial charge in [0, 0.05) is 13.7 Å². The number of methoxy groups -OCH3 is 1. The molecular weight excluding hydrogens is 259 g/mol. The highest BCUT2D eigenvalue weighted by atomic mass is 19.1. The zero-order valence-corrected chi connectivity index (χ0v) is 11.7. The number of amides is 1. The van der Waals surface area contributed by atoms with Crippen molar-refractivity contribution in [2.24, 2.45) is 0 Å². The van der Waals surface area contributed by atoms with E-state index in [0.29, 0.717) is 25.8 Å². The van der Waals surface area contributed by atoms with Gasteiger partial charge in [0.15, 0.2) is 0 Å². The number of piperidine rings is 1. The first-order valence-electron chi connectivity index (χ1n) is 6.95. The van der Waals surface area contributed by atoms with Gasteiger partial charge in [0.25, 0.3) is 5.91 Å². The van der Waals surface area contributed by atoms with Crippen LogP contribution in [0.5, 0.6) is 0 Å². The molecule has 1 aromatic carbocycles. The van der Waals surface area contributed by atoms with Gasteiger partial charge in [-0.3, -0.25) is 4.79 Å². The summed E-state index contributed by atoms with van der Waals surface area (Å²) in [5, 5.41) is 6.14. The van der Waals surface area contributed by atoms with Crippen molar-refractivity contribution >= 4 is 5.91 Å². The molecule has 1 heterocycles. The van der Waals surface area contributed by atoms with Crippen molar-refractivity contribution in [3.63, 3.8) is 0 Å². The Morgan fingerprint density at radius 1 is 1.35 bits per heavy atom. The van der Waals surface area contributed by atoms with E-state index < -0.39 is 5.60 Å². The van der Waals surface area contributed by atoms with Gasteiger partial charge in [-0.25, -0.2) is 4.39 Å². The van der Waals surface area contributed by atoms with E-state index in [1.165, 1.54) is 12.1 Å². The molecule has 1 aliphatic rings. The molecule has 1 aliphatic heterocycles. The summed E-state index contributed by atoms with van der Waals surface area (Å²) >= 11 is 0. The number of ether oxygens (including phenoxy) is 1. The van der Waals surface area contributed by atoms with Crippen molar-refractivity contribution in [3.8, 4) is 0 Å². The number of benzene rings is 1. The minimum Gasteiger partial charge on any atom is -0.368 e. The normalized spacial score (nSPS) is 17.7. The van der Waals surface area contributed by atoms with Gasteiger partial charge in [-0.2, -0.15) is 0 Å². The lowest BCUT2D eigenvalue weighted by Gasteiger charge is -2.34. The Morgan fingerprint density at radius 2 is 2.00 bits per heavy atom. The van der Waals surface area contributed by atoms with E-state index in [2.05, 4.69) is 10.6 Å². The van der Waals surface area contributed by atoms with Gasteiger partial charge in [0.05, 0.1) is 0 Å². The Bertz CT molecular complexity index is 442. The first-order chi connectivity index (χ1) is 9.66. The van der Waals surface area contributed by atoms with Crippen LogP contribution in [-0.4, -0.2) is 38.3 Å². The van der Waals surface area contributed by atoms with E-state index in [1.807, 2.05) is 0 Å². The first-order valence-corrected chi connectivity index (χ1v) is 6.95. The van der Waals surface area contributed by atoms with Gasteiger partial charge in [-0.1, -0.05) is 12.1 Å². The van der Waals surface area contributed by atoms with Crippen molar-refractivity contribution in [1.29, 1.82) is 0 Å². The quantitative estimate of drug-likeness (QED) is 0.853. The summed E-state index contributed by atoms with van der Waals surface area (Å²) in [7, 11) is 1.59. The molecule has 1 aromatic rings. The molecule has 4 nitrogen and oxygen atoms in total. The second kappa shape index (κ2) is 6.81. The minimum atomic E-state index is -0.700. The zero-order chi connectivity index (χ0) is 14.4. The predicted molar refractivity (Wildman–Crippen MR) is 75.0 cm³/mol. The smallest absolute Gasteiger partial charge is 0.252 e.